The number of ether oxygens (including phenoxy) is 1. The summed E-state index contributed by atoms with van der Waals surface area (Å²) in [6, 6.07) is 1.16. The summed E-state index contributed by atoms with van der Waals surface area (Å²) in [6.07, 6.45) is 0. The number of hydrogen-bond acceptors (Lipinski definition) is 5. The molecular weight excluding hydrogens is 266 g/mol. The predicted molar refractivity (Wildman–Crippen MR) is 63.0 cm³/mol. The molecule has 0 aliphatic carbocycles. The zero-order chi connectivity index (χ0) is 13.1. The Balaban J connectivity index is 2.92. The van der Waals surface area contributed by atoms with Gasteiger partial charge in [0.25, 0.3) is 10.0 Å². The molecule has 0 atom stereocenters. The van der Waals surface area contributed by atoms with Gasteiger partial charge in [0.1, 0.15) is 4.21 Å². The highest BCUT2D eigenvalue weighted by Gasteiger charge is 2.23. The van der Waals surface area contributed by atoms with Gasteiger partial charge < -0.3 is 9.84 Å². The topological polar surface area (TPSA) is 83.9 Å². The Morgan fingerprint density at radius 2 is 2.24 bits per heavy atom. The molecule has 0 unspecified atom stereocenters. The molecule has 96 valence electrons. The van der Waals surface area contributed by atoms with Crippen molar-refractivity contribution < 1.29 is 23.1 Å². The van der Waals surface area contributed by atoms with Crippen LogP contribution in [-0.2, 0) is 14.8 Å². The molecule has 17 heavy (non-hydrogen) atoms. The van der Waals surface area contributed by atoms with E-state index in [0.717, 1.165) is 21.7 Å². The van der Waals surface area contributed by atoms with Crippen molar-refractivity contribution in [1.29, 1.82) is 0 Å². The van der Waals surface area contributed by atoms with Gasteiger partial charge in [0.15, 0.2) is 0 Å². The summed E-state index contributed by atoms with van der Waals surface area (Å²) < 4.78 is 29.9. The Labute approximate surface area is 103 Å². The molecule has 0 aliphatic heterocycles. The molecule has 1 N–H and O–H groups in total. The number of nitrogens with zero attached hydrogens (tertiary/aromatic N) is 1. The average molecular weight is 279 g/mol. The van der Waals surface area contributed by atoms with Crippen molar-refractivity contribution in [2.45, 2.75) is 4.21 Å². The van der Waals surface area contributed by atoms with E-state index in [1.54, 1.807) is 0 Å². The molecule has 0 saturated carbocycles. The molecule has 0 aromatic carbocycles. The van der Waals surface area contributed by atoms with Crippen LogP contribution in [0.3, 0.4) is 0 Å². The molecule has 0 spiro atoms. The van der Waals surface area contributed by atoms with Gasteiger partial charge >= 0.3 is 5.97 Å². The second kappa shape index (κ2) is 5.58. The maximum atomic E-state index is 12.0. The summed E-state index contributed by atoms with van der Waals surface area (Å²) in [5.74, 6) is -1.14. The van der Waals surface area contributed by atoms with Gasteiger partial charge in [-0.1, -0.05) is 0 Å². The van der Waals surface area contributed by atoms with E-state index in [0.29, 0.717) is 0 Å². The normalized spacial score (nSPS) is 11.9. The number of carboxylic acids is 1. The maximum absolute atomic E-state index is 12.0. The lowest BCUT2D eigenvalue weighted by molar-refractivity contribution is 0.0697. The number of rotatable bonds is 6. The number of carboxylic acid groups (broad SMARTS) is 1. The van der Waals surface area contributed by atoms with Gasteiger partial charge in [0.2, 0.25) is 0 Å². The molecule has 8 heteroatoms. The molecule has 0 aliphatic rings. The first kappa shape index (κ1) is 14.1. The van der Waals surface area contributed by atoms with Crippen LogP contribution in [0.15, 0.2) is 15.7 Å². The van der Waals surface area contributed by atoms with Crippen LogP contribution in [0.4, 0.5) is 0 Å². The Bertz CT molecular complexity index is 493. The van der Waals surface area contributed by atoms with Crippen molar-refractivity contribution in [3.05, 3.63) is 17.0 Å². The van der Waals surface area contributed by atoms with Crippen LogP contribution in [0.25, 0.3) is 0 Å². The van der Waals surface area contributed by atoms with Crippen molar-refractivity contribution in [3.8, 4) is 0 Å². The first-order valence-corrected chi connectivity index (χ1v) is 6.98. The van der Waals surface area contributed by atoms with Crippen molar-refractivity contribution in [2.75, 3.05) is 27.3 Å². The van der Waals surface area contributed by atoms with Crippen molar-refractivity contribution >= 4 is 27.3 Å². The third-order valence-corrected chi connectivity index (χ3v) is 5.37. The van der Waals surface area contributed by atoms with Gasteiger partial charge in [-0.15, -0.1) is 11.3 Å². The second-order valence-corrected chi connectivity index (χ2v) is 6.46. The van der Waals surface area contributed by atoms with E-state index in [-0.39, 0.29) is 22.9 Å². The van der Waals surface area contributed by atoms with Crippen molar-refractivity contribution in [2.24, 2.45) is 0 Å². The minimum absolute atomic E-state index is 0.0197. The van der Waals surface area contributed by atoms with E-state index < -0.39 is 16.0 Å². The molecule has 1 aromatic rings. The van der Waals surface area contributed by atoms with E-state index in [9.17, 15) is 13.2 Å². The Morgan fingerprint density at radius 1 is 1.59 bits per heavy atom. The number of hydrogen-bond donors (Lipinski definition) is 1. The number of methoxy groups -OCH3 is 1. The van der Waals surface area contributed by atoms with Gasteiger partial charge in [0, 0.05) is 26.1 Å². The van der Waals surface area contributed by atoms with Crippen LogP contribution < -0.4 is 0 Å². The molecule has 0 bridgehead atoms. The van der Waals surface area contributed by atoms with Crippen molar-refractivity contribution in [1.82, 2.24) is 4.31 Å². The summed E-state index contributed by atoms with van der Waals surface area (Å²) in [5, 5.41) is 10.0. The SMILES string of the molecule is COCCN(C)S(=O)(=O)c1cc(C(=O)O)cs1. The van der Waals surface area contributed by atoms with Gasteiger partial charge in [-0.2, -0.15) is 4.31 Å². The molecule has 0 amide bonds. The smallest absolute Gasteiger partial charge is 0.336 e. The Morgan fingerprint density at radius 3 is 2.71 bits per heavy atom. The van der Waals surface area contributed by atoms with E-state index >= 15 is 0 Å². The molecule has 1 heterocycles. The van der Waals surface area contributed by atoms with Gasteiger partial charge in [0.05, 0.1) is 12.2 Å². The molecule has 1 aromatic heterocycles. The minimum atomic E-state index is -3.62. The van der Waals surface area contributed by atoms with E-state index in [4.69, 9.17) is 9.84 Å². The summed E-state index contributed by atoms with van der Waals surface area (Å²) in [7, 11) is -0.710. The summed E-state index contributed by atoms with van der Waals surface area (Å²) in [4.78, 5) is 10.7. The monoisotopic (exact) mass is 279 g/mol. The number of aromatic carboxylic acids is 1. The Kier molecular flexibility index (Phi) is 4.63. The highest BCUT2D eigenvalue weighted by Crippen LogP contribution is 2.23. The molecule has 1 rings (SSSR count). The fraction of sp³-hybridized carbons (Fsp3) is 0.444. The molecular formula is C9H13NO5S2. The summed E-state index contributed by atoms with van der Waals surface area (Å²) >= 11 is 0.895. The van der Waals surface area contributed by atoms with E-state index in [2.05, 4.69) is 0 Å². The third-order valence-electron chi connectivity index (χ3n) is 2.10. The van der Waals surface area contributed by atoms with Crippen LogP contribution in [0.1, 0.15) is 10.4 Å². The van der Waals surface area contributed by atoms with Crippen LogP contribution in [0, 0.1) is 0 Å². The van der Waals surface area contributed by atoms with E-state index in [1.807, 2.05) is 0 Å². The predicted octanol–water partition coefficient (Wildman–Crippen LogP) is 0.713. The van der Waals surface area contributed by atoms with Gasteiger partial charge in [-0.25, -0.2) is 13.2 Å². The van der Waals surface area contributed by atoms with E-state index in [1.165, 1.54) is 19.5 Å². The highest BCUT2D eigenvalue weighted by atomic mass is 32.2. The Hall–Kier alpha value is -0.960. The summed E-state index contributed by atoms with van der Waals surface area (Å²) in [5.41, 5.74) is -0.0197. The maximum Gasteiger partial charge on any atom is 0.336 e. The lowest BCUT2D eigenvalue weighted by Gasteiger charge is -2.14. The second-order valence-electron chi connectivity index (χ2n) is 3.28. The quantitative estimate of drug-likeness (QED) is 0.829. The fourth-order valence-electron chi connectivity index (χ4n) is 1.06. The molecule has 0 radical (unpaired) electrons. The fourth-order valence-corrected chi connectivity index (χ4v) is 3.58. The number of carbonyl (C=O) groups is 1. The molecule has 6 nitrogen and oxygen atoms in total. The van der Waals surface area contributed by atoms with Crippen LogP contribution >= 0.6 is 11.3 Å². The first-order chi connectivity index (χ1) is 7.89. The van der Waals surface area contributed by atoms with Crippen LogP contribution in [0.2, 0.25) is 0 Å². The standard InChI is InChI=1S/C9H13NO5S2/c1-10(3-4-15-2)17(13,14)8-5-7(6-16-8)9(11)12/h5-6H,3-4H2,1-2H3,(H,11,12). The molecule has 0 fully saturated rings. The number of thiophene rings is 1. The minimum Gasteiger partial charge on any atom is -0.478 e. The third kappa shape index (κ3) is 3.25. The van der Waals surface area contributed by atoms with Crippen LogP contribution in [0.5, 0.6) is 0 Å². The zero-order valence-corrected chi connectivity index (χ0v) is 11.0. The number of sulfonamides is 1. The van der Waals surface area contributed by atoms with Crippen molar-refractivity contribution in [3.63, 3.8) is 0 Å². The number of likely N-dealkylation sites (N-methyl/N-ethyl adjacent to an activating group) is 1. The highest BCUT2D eigenvalue weighted by molar-refractivity contribution is 7.91. The van der Waals surface area contributed by atoms with Gasteiger partial charge in [-0.05, 0) is 6.07 Å². The lowest BCUT2D eigenvalue weighted by Crippen LogP contribution is -2.29. The average Bonchev–Trinajstić information content (AvgIpc) is 2.75. The largest absolute Gasteiger partial charge is 0.478 e. The lowest BCUT2D eigenvalue weighted by atomic mass is 10.4. The summed E-state index contributed by atoms with van der Waals surface area (Å²) in [6.45, 7) is 0.506. The first-order valence-electron chi connectivity index (χ1n) is 4.66. The van der Waals surface area contributed by atoms with Gasteiger partial charge in [-0.3, -0.25) is 0 Å². The van der Waals surface area contributed by atoms with Crippen LogP contribution in [-0.4, -0.2) is 51.1 Å². The molecule has 0 saturated heterocycles. The zero-order valence-electron chi connectivity index (χ0n) is 9.41.